The Bertz CT molecular complexity index is 1300. The van der Waals surface area contributed by atoms with Crippen LogP contribution >= 0.6 is 11.3 Å². The normalized spacial score (nSPS) is 11.0. The van der Waals surface area contributed by atoms with Gasteiger partial charge in [0.1, 0.15) is 5.00 Å². The zero-order chi connectivity index (χ0) is 24.7. The minimum absolute atomic E-state index is 0.0711. The predicted molar refractivity (Wildman–Crippen MR) is 129 cm³/mol. The fourth-order valence-electron chi connectivity index (χ4n) is 2.94. The van der Waals surface area contributed by atoms with Crippen LogP contribution in [-0.4, -0.2) is 46.4 Å². The summed E-state index contributed by atoms with van der Waals surface area (Å²) in [6.07, 6.45) is 0. The molecule has 11 heteroatoms. The number of sulfonamides is 1. The van der Waals surface area contributed by atoms with Crippen molar-refractivity contribution in [1.29, 1.82) is 0 Å². The molecule has 0 bridgehead atoms. The van der Waals surface area contributed by atoms with Crippen LogP contribution in [0.25, 0.3) is 10.4 Å². The number of carbonyl (C=O) groups is 3. The summed E-state index contributed by atoms with van der Waals surface area (Å²) < 4.78 is 31.2. The van der Waals surface area contributed by atoms with E-state index < -0.39 is 27.8 Å². The van der Waals surface area contributed by atoms with Gasteiger partial charge in [0.15, 0.2) is 0 Å². The van der Waals surface area contributed by atoms with Gasteiger partial charge in [-0.15, -0.1) is 11.3 Å². The molecule has 2 amide bonds. The van der Waals surface area contributed by atoms with Gasteiger partial charge in [0, 0.05) is 10.4 Å². The zero-order valence-corrected chi connectivity index (χ0v) is 20.1. The Kier molecular flexibility index (Phi) is 8.16. The number of amides is 2. The van der Waals surface area contributed by atoms with Gasteiger partial charge in [0.05, 0.1) is 23.6 Å². The van der Waals surface area contributed by atoms with Crippen LogP contribution in [-0.2, 0) is 19.6 Å². The molecule has 3 N–H and O–H groups in total. The van der Waals surface area contributed by atoms with Crippen molar-refractivity contribution in [3.05, 3.63) is 71.8 Å². The highest BCUT2D eigenvalue weighted by Gasteiger charge is 2.20. The maximum Gasteiger partial charge on any atom is 0.341 e. The molecule has 178 valence electrons. The molecule has 3 rings (SSSR count). The van der Waals surface area contributed by atoms with E-state index in [1.807, 2.05) is 30.3 Å². The zero-order valence-electron chi connectivity index (χ0n) is 18.5. The molecule has 2 aromatic carbocycles. The molecule has 9 nitrogen and oxygen atoms in total. The second-order valence-corrected chi connectivity index (χ2v) is 9.84. The Hall–Kier alpha value is -3.54. The van der Waals surface area contributed by atoms with Gasteiger partial charge in [-0.25, -0.2) is 17.9 Å². The van der Waals surface area contributed by atoms with Gasteiger partial charge in [0.25, 0.3) is 5.91 Å². The van der Waals surface area contributed by atoms with Gasteiger partial charge < -0.3 is 15.4 Å². The van der Waals surface area contributed by atoms with E-state index in [1.165, 1.54) is 42.6 Å². The molecule has 1 heterocycles. The maximum absolute atomic E-state index is 12.5. The van der Waals surface area contributed by atoms with Gasteiger partial charge in [-0.05, 0) is 43.8 Å². The lowest BCUT2D eigenvalue weighted by molar-refractivity contribution is -0.115. The van der Waals surface area contributed by atoms with Gasteiger partial charge in [0.2, 0.25) is 15.9 Å². The molecule has 0 saturated carbocycles. The minimum atomic E-state index is -3.72. The first-order valence-corrected chi connectivity index (χ1v) is 12.5. The number of thiophene rings is 1. The lowest BCUT2D eigenvalue weighted by atomic mass is 10.1. The average molecular weight is 502 g/mol. The minimum Gasteiger partial charge on any atom is -0.462 e. The number of hydrogen-bond acceptors (Lipinski definition) is 7. The molecular formula is C23H23N3O6S2. The molecule has 0 aliphatic rings. The molecule has 0 spiro atoms. The van der Waals surface area contributed by atoms with Gasteiger partial charge in [-0.3, -0.25) is 9.59 Å². The summed E-state index contributed by atoms with van der Waals surface area (Å²) in [6.45, 7) is 1.48. The average Bonchev–Trinajstić information content (AvgIpc) is 3.27. The molecule has 0 saturated heterocycles. The van der Waals surface area contributed by atoms with Crippen LogP contribution < -0.4 is 15.4 Å². The van der Waals surface area contributed by atoms with Crippen molar-refractivity contribution in [1.82, 2.24) is 10.0 Å². The number of hydrogen-bond donors (Lipinski definition) is 3. The van der Waals surface area contributed by atoms with E-state index >= 15 is 0 Å². The number of ether oxygens (including phenoxy) is 1. The van der Waals surface area contributed by atoms with E-state index in [2.05, 4.69) is 15.4 Å². The van der Waals surface area contributed by atoms with Crippen molar-refractivity contribution in [3.63, 3.8) is 0 Å². The topological polar surface area (TPSA) is 131 Å². The SMILES string of the molecule is CCOC(=O)c1cc(-c2ccccc2)sc1NC(=O)CNC(=O)c1cccc(S(=O)(=O)NC)c1. The highest BCUT2D eigenvalue weighted by molar-refractivity contribution is 7.89. The Morgan fingerprint density at radius 3 is 2.41 bits per heavy atom. The number of carbonyl (C=O) groups excluding carboxylic acids is 3. The van der Waals surface area contributed by atoms with E-state index in [0.717, 1.165) is 10.4 Å². The Balaban J connectivity index is 1.72. The Morgan fingerprint density at radius 2 is 1.74 bits per heavy atom. The third kappa shape index (κ3) is 6.07. The Morgan fingerprint density at radius 1 is 1.00 bits per heavy atom. The number of rotatable bonds is 9. The molecule has 0 aliphatic carbocycles. The van der Waals surface area contributed by atoms with Crippen molar-refractivity contribution in [2.45, 2.75) is 11.8 Å². The van der Waals surface area contributed by atoms with E-state index in [-0.39, 0.29) is 29.2 Å². The molecule has 0 radical (unpaired) electrons. The third-order valence-corrected chi connectivity index (χ3v) is 7.13. The summed E-state index contributed by atoms with van der Waals surface area (Å²) in [6, 6.07) is 16.5. The first kappa shape index (κ1) is 25.1. The van der Waals surface area contributed by atoms with Gasteiger partial charge in [-0.1, -0.05) is 36.4 Å². The van der Waals surface area contributed by atoms with E-state index in [0.29, 0.717) is 5.00 Å². The number of esters is 1. The molecule has 34 heavy (non-hydrogen) atoms. The molecule has 1 aromatic heterocycles. The van der Waals surface area contributed by atoms with Crippen LogP contribution in [0.15, 0.2) is 65.6 Å². The van der Waals surface area contributed by atoms with Crippen molar-refractivity contribution >= 4 is 44.1 Å². The van der Waals surface area contributed by atoms with Crippen LogP contribution in [0, 0.1) is 0 Å². The first-order chi connectivity index (χ1) is 16.2. The van der Waals surface area contributed by atoms with Crippen molar-refractivity contribution in [2.75, 3.05) is 25.5 Å². The lowest BCUT2D eigenvalue weighted by Crippen LogP contribution is -2.33. The highest BCUT2D eigenvalue weighted by atomic mass is 32.2. The third-order valence-electron chi connectivity index (χ3n) is 4.62. The fraction of sp³-hybridized carbons (Fsp3) is 0.174. The van der Waals surface area contributed by atoms with Crippen molar-refractivity contribution < 1.29 is 27.5 Å². The van der Waals surface area contributed by atoms with E-state index in [4.69, 9.17) is 4.74 Å². The van der Waals surface area contributed by atoms with Crippen molar-refractivity contribution in [2.24, 2.45) is 0 Å². The van der Waals surface area contributed by atoms with Crippen LogP contribution in [0.1, 0.15) is 27.6 Å². The quantitative estimate of drug-likeness (QED) is 0.387. The monoisotopic (exact) mass is 501 g/mol. The number of anilines is 1. The van der Waals surface area contributed by atoms with Crippen LogP contribution in [0.5, 0.6) is 0 Å². The maximum atomic E-state index is 12.5. The summed E-state index contributed by atoms with van der Waals surface area (Å²) in [5.74, 6) is -1.74. The van der Waals surface area contributed by atoms with Crippen LogP contribution in [0.3, 0.4) is 0 Å². The largest absolute Gasteiger partial charge is 0.462 e. The first-order valence-electron chi connectivity index (χ1n) is 10.2. The Labute approximate surface area is 201 Å². The summed E-state index contributed by atoms with van der Waals surface area (Å²) in [4.78, 5) is 38.1. The summed E-state index contributed by atoms with van der Waals surface area (Å²) in [7, 11) is -2.45. The number of nitrogens with one attached hydrogen (secondary N) is 3. The van der Waals surface area contributed by atoms with Crippen molar-refractivity contribution in [3.8, 4) is 10.4 Å². The van der Waals surface area contributed by atoms with Crippen LogP contribution in [0.2, 0.25) is 0 Å². The van der Waals surface area contributed by atoms with Gasteiger partial charge in [-0.2, -0.15) is 0 Å². The smallest absolute Gasteiger partial charge is 0.341 e. The molecule has 3 aromatic rings. The number of benzene rings is 2. The predicted octanol–water partition coefficient (Wildman–Crippen LogP) is 2.87. The summed E-state index contributed by atoms with van der Waals surface area (Å²) in [5, 5.41) is 5.40. The van der Waals surface area contributed by atoms with E-state index in [1.54, 1.807) is 13.0 Å². The van der Waals surface area contributed by atoms with E-state index in [9.17, 15) is 22.8 Å². The standard InChI is InChI=1S/C23H23N3O6S2/c1-3-32-23(29)18-13-19(15-8-5-4-6-9-15)33-22(18)26-20(27)14-25-21(28)16-10-7-11-17(12-16)34(30,31)24-2/h4-13,24H,3,14H2,1-2H3,(H,25,28)(H,26,27). The lowest BCUT2D eigenvalue weighted by Gasteiger charge is -2.08. The molecular weight excluding hydrogens is 478 g/mol. The summed E-state index contributed by atoms with van der Waals surface area (Å²) >= 11 is 1.21. The fourth-order valence-corrected chi connectivity index (χ4v) is 4.79. The second-order valence-electron chi connectivity index (χ2n) is 6.91. The van der Waals surface area contributed by atoms with Gasteiger partial charge >= 0.3 is 5.97 Å². The second kappa shape index (κ2) is 11.1. The molecule has 0 unspecified atom stereocenters. The van der Waals surface area contributed by atoms with Crippen LogP contribution in [0.4, 0.5) is 5.00 Å². The molecule has 0 fully saturated rings. The molecule has 0 atom stereocenters. The highest BCUT2D eigenvalue weighted by Crippen LogP contribution is 2.35. The summed E-state index contributed by atoms with van der Waals surface area (Å²) in [5.41, 5.74) is 1.18. The molecule has 0 aliphatic heterocycles.